The monoisotopic (exact) mass is 394 g/mol. The molecule has 28 heavy (non-hydrogen) atoms. The van der Waals surface area contributed by atoms with Crippen molar-refractivity contribution in [2.75, 3.05) is 28.4 Å². The van der Waals surface area contributed by atoms with Crippen molar-refractivity contribution in [3.63, 3.8) is 0 Å². The lowest BCUT2D eigenvalue weighted by Crippen LogP contribution is -2.34. The number of phenols is 1. The van der Waals surface area contributed by atoms with Crippen LogP contribution in [0.4, 0.5) is 0 Å². The summed E-state index contributed by atoms with van der Waals surface area (Å²) in [5.41, 5.74) is 0.483. The summed E-state index contributed by atoms with van der Waals surface area (Å²) >= 11 is 0. The highest BCUT2D eigenvalue weighted by molar-refractivity contribution is 5.89. The number of ether oxygens (including phenoxy) is 4. The van der Waals surface area contributed by atoms with Gasteiger partial charge in [0.1, 0.15) is 11.5 Å². The van der Waals surface area contributed by atoms with Gasteiger partial charge in [-0.3, -0.25) is 14.4 Å². The molecule has 1 aromatic carbocycles. The average molecular weight is 394 g/mol. The molecule has 1 aromatic rings. The third-order valence-electron chi connectivity index (χ3n) is 5.15. The first kappa shape index (κ1) is 21.5. The van der Waals surface area contributed by atoms with Gasteiger partial charge in [-0.15, -0.1) is 0 Å². The maximum Gasteiger partial charge on any atom is 0.305 e. The van der Waals surface area contributed by atoms with Crippen LogP contribution in [-0.2, 0) is 23.9 Å². The van der Waals surface area contributed by atoms with Crippen LogP contribution in [0.3, 0.4) is 0 Å². The van der Waals surface area contributed by atoms with Crippen molar-refractivity contribution < 1.29 is 38.4 Å². The normalized spacial score (nSPS) is 21.7. The van der Waals surface area contributed by atoms with E-state index < -0.39 is 23.8 Å². The molecule has 0 amide bonds. The molecule has 1 aliphatic carbocycles. The van der Waals surface area contributed by atoms with Crippen molar-refractivity contribution in [1.29, 1.82) is 0 Å². The fraction of sp³-hybridized carbons (Fsp3) is 0.550. The molecular weight excluding hydrogens is 368 g/mol. The summed E-state index contributed by atoms with van der Waals surface area (Å²) in [4.78, 5) is 36.6. The molecule has 1 aliphatic rings. The molecule has 0 aromatic heterocycles. The molecule has 0 radical (unpaired) electrons. The molecule has 1 N–H and O–H groups in total. The van der Waals surface area contributed by atoms with E-state index in [2.05, 4.69) is 0 Å². The maximum atomic E-state index is 13.0. The van der Waals surface area contributed by atoms with Gasteiger partial charge in [0.25, 0.3) is 0 Å². The van der Waals surface area contributed by atoms with E-state index in [1.807, 2.05) is 0 Å². The van der Waals surface area contributed by atoms with E-state index in [0.717, 1.165) is 0 Å². The van der Waals surface area contributed by atoms with Gasteiger partial charge in [-0.2, -0.15) is 0 Å². The standard InChI is InChI=1S/C20H26O8/c1-25-16-10-17(26-2)14(21)9-13(16)20-12(8-19(24)28-4)5-11(6-15(20)22)7-18(23)27-3/h9-12,20-21H,5-8H2,1-4H3. The smallest absolute Gasteiger partial charge is 0.305 e. The molecule has 0 bridgehead atoms. The van der Waals surface area contributed by atoms with E-state index >= 15 is 0 Å². The van der Waals surface area contributed by atoms with Crippen LogP contribution in [0.1, 0.15) is 37.2 Å². The van der Waals surface area contributed by atoms with Crippen LogP contribution in [0.5, 0.6) is 17.2 Å². The highest BCUT2D eigenvalue weighted by Gasteiger charge is 2.41. The van der Waals surface area contributed by atoms with Crippen molar-refractivity contribution in [2.45, 2.75) is 31.6 Å². The minimum absolute atomic E-state index is 0.0144. The van der Waals surface area contributed by atoms with E-state index in [4.69, 9.17) is 18.9 Å². The predicted molar refractivity (Wildman–Crippen MR) is 98.4 cm³/mol. The highest BCUT2D eigenvalue weighted by Crippen LogP contribution is 2.46. The van der Waals surface area contributed by atoms with Gasteiger partial charge >= 0.3 is 11.9 Å². The molecule has 0 spiro atoms. The van der Waals surface area contributed by atoms with Crippen molar-refractivity contribution in [3.8, 4) is 17.2 Å². The van der Waals surface area contributed by atoms with E-state index in [0.29, 0.717) is 17.7 Å². The summed E-state index contributed by atoms with van der Waals surface area (Å²) in [5, 5.41) is 10.2. The van der Waals surface area contributed by atoms with Gasteiger partial charge in [0, 0.05) is 36.8 Å². The van der Waals surface area contributed by atoms with Crippen molar-refractivity contribution in [3.05, 3.63) is 17.7 Å². The van der Waals surface area contributed by atoms with Crippen LogP contribution >= 0.6 is 0 Å². The first-order valence-electron chi connectivity index (χ1n) is 8.95. The Morgan fingerprint density at radius 3 is 2.18 bits per heavy atom. The van der Waals surface area contributed by atoms with Crippen LogP contribution in [0, 0.1) is 11.8 Å². The van der Waals surface area contributed by atoms with Crippen LogP contribution in [0.15, 0.2) is 12.1 Å². The van der Waals surface area contributed by atoms with Gasteiger partial charge in [0.15, 0.2) is 11.5 Å². The third kappa shape index (κ3) is 4.74. The van der Waals surface area contributed by atoms with Crippen LogP contribution in [0.2, 0.25) is 0 Å². The Bertz CT molecular complexity index is 742. The number of hydrogen-bond donors (Lipinski definition) is 1. The van der Waals surface area contributed by atoms with E-state index in [-0.39, 0.29) is 42.5 Å². The number of Topliss-reactive ketones (excluding diaryl/α,β-unsaturated/α-hetero) is 1. The molecule has 1 saturated carbocycles. The van der Waals surface area contributed by atoms with Gasteiger partial charge in [-0.05, 0) is 24.3 Å². The number of carbonyl (C=O) groups excluding carboxylic acids is 3. The summed E-state index contributed by atoms with van der Waals surface area (Å²) in [5.74, 6) is -1.78. The fourth-order valence-corrected chi connectivity index (χ4v) is 3.87. The maximum absolute atomic E-state index is 13.0. The number of methoxy groups -OCH3 is 4. The highest BCUT2D eigenvalue weighted by atomic mass is 16.5. The minimum atomic E-state index is -0.667. The second-order valence-electron chi connectivity index (χ2n) is 6.84. The van der Waals surface area contributed by atoms with Crippen molar-refractivity contribution in [1.82, 2.24) is 0 Å². The molecule has 0 heterocycles. The van der Waals surface area contributed by atoms with Gasteiger partial charge in [0.2, 0.25) is 0 Å². The number of benzene rings is 1. The second-order valence-corrected chi connectivity index (χ2v) is 6.84. The minimum Gasteiger partial charge on any atom is -0.504 e. The summed E-state index contributed by atoms with van der Waals surface area (Å²) in [6.07, 6.45) is 0.766. The molecule has 8 heteroatoms. The number of ketones is 1. The number of hydrogen-bond acceptors (Lipinski definition) is 8. The Morgan fingerprint density at radius 1 is 1.00 bits per heavy atom. The predicted octanol–water partition coefficient (Wildman–Crippen LogP) is 2.21. The molecule has 1 fully saturated rings. The molecule has 3 atom stereocenters. The van der Waals surface area contributed by atoms with Crippen LogP contribution < -0.4 is 9.47 Å². The van der Waals surface area contributed by atoms with E-state index in [1.54, 1.807) is 0 Å². The summed E-state index contributed by atoms with van der Waals surface area (Å²) in [7, 11) is 5.45. The number of aromatic hydroxyl groups is 1. The Hall–Kier alpha value is -2.77. The molecule has 2 rings (SSSR count). The lowest BCUT2D eigenvalue weighted by Gasteiger charge is -2.35. The summed E-state index contributed by atoms with van der Waals surface area (Å²) in [6, 6.07) is 2.94. The number of carbonyl (C=O) groups is 3. The van der Waals surface area contributed by atoms with Gasteiger partial charge in [0.05, 0.1) is 28.4 Å². The molecule has 8 nitrogen and oxygen atoms in total. The Balaban J connectivity index is 2.42. The average Bonchev–Trinajstić information content (AvgIpc) is 2.67. The molecule has 154 valence electrons. The zero-order chi connectivity index (χ0) is 20.8. The summed E-state index contributed by atoms with van der Waals surface area (Å²) in [6.45, 7) is 0. The van der Waals surface area contributed by atoms with Gasteiger partial charge < -0.3 is 24.1 Å². The van der Waals surface area contributed by atoms with Gasteiger partial charge in [-0.25, -0.2) is 0 Å². The van der Waals surface area contributed by atoms with Crippen molar-refractivity contribution in [2.24, 2.45) is 11.8 Å². The summed E-state index contributed by atoms with van der Waals surface area (Å²) < 4.78 is 20.0. The van der Waals surface area contributed by atoms with Gasteiger partial charge in [-0.1, -0.05) is 0 Å². The third-order valence-corrected chi connectivity index (χ3v) is 5.15. The quantitative estimate of drug-likeness (QED) is 0.701. The number of phenolic OH excluding ortho intramolecular Hbond substituents is 1. The molecule has 0 saturated heterocycles. The SMILES string of the molecule is COC(=O)CC1CC(=O)C(c2cc(O)c(OC)cc2OC)C(CC(=O)OC)C1. The molecule has 0 aliphatic heterocycles. The lowest BCUT2D eigenvalue weighted by atomic mass is 9.68. The Morgan fingerprint density at radius 2 is 1.61 bits per heavy atom. The Labute approximate surface area is 163 Å². The largest absolute Gasteiger partial charge is 0.504 e. The Kier molecular flexibility index (Phi) is 7.25. The van der Waals surface area contributed by atoms with Crippen LogP contribution in [0.25, 0.3) is 0 Å². The molecule has 3 unspecified atom stereocenters. The van der Waals surface area contributed by atoms with E-state index in [9.17, 15) is 19.5 Å². The molecular formula is C20H26O8. The lowest BCUT2D eigenvalue weighted by molar-refractivity contribution is -0.143. The number of esters is 2. The van der Waals surface area contributed by atoms with Crippen LogP contribution in [-0.4, -0.2) is 51.3 Å². The zero-order valence-electron chi connectivity index (χ0n) is 16.5. The first-order valence-corrected chi connectivity index (χ1v) is 8.95. The zero-order valence-corrected chi connectivity index (χ0v) is 16.5. The topological polar surface area (TPSA) is 108 Å². The second kappa shape index (κ2) is 9.43. The number of rotatable bonds is 7. The first-order chi connectivity index (χ1) is 13.3. The fourth-order valence-electron chi connectivity index (χ4n) is 3.87. The van der Waals surface area contributed by atoms with Crippen molar-refractivity contribution >= 4 is 17.7 Å². The van der Waals surface area contributed by atoms with E-state index in [1.165, 1.54) is 40.6 Å².